The van der Waals surface area contributed by atoms with Crippen LogP contribution in [0.1, 0.15) is 43.1 Å². The number of carboxylic acids is 1. The molecule has 0 bridgehead atoms. The van der Waals surface area contributed by atoms with E-state index in [2.05, 4.69) is 20.3 Å². The highest BCUT2D eigenvalue weighted by Crippen LogP contribution is 2.46. The van der Waals surface area contributed by atoms with Crippen molar-refractivity contribution in [2.24, 2.45) is 11.5 Å². The first-order valence-corrected chi connectivity index (χ1v) is 19.0. The molecule has 2 atom stereocenters. The van der Waals surface area contributed by atoms with Crippen LogP contribution in [0.25, 0.3) is 10.8 Å². The molecule has 0 spiro atoms. The Hall–Kier alpha value is -6.39. The number of nitrogens with zero attached hydrogens (tertiary/aromatic N) is 2. The van der Waals surface area contributed by atoms with Crippen LogP contribution in [0.4, 0.5) is 33.4 Å². The molecule has 15 nitrogen and oxygen atoms in total. The van der Waals surface area contributed by atoms with Crippen LogP contribution in [-0.4, -0.2) is 65.3 Å². The van der Waals surface area contributed by atoms with Crippen LogP contribution in [0.15, 0.2) is 85.1 Å². The van der Waals surface area contributed by atoms with Crippen molar-refractivity contribution in [1.29, 1.82) is 0 Å². The van der Waals surface area contributed by atoms with Crippen molar-refractivity contribution in [3.63, 3.8) is 0 Å². The Bertz CT molecular complexity index is 2300. The van der Waals surface area contributed by atoms with Crippen molar-refractivity contribution in [2.75, 3.05) is 42.0 Å². The van der Waals surface area contributed by atoms with Crippen LogP contribution in [0.2, 0.25) is 0 Å². The highest BCUT2D eigenvalue weighted by molar-refractivity contribution is 7.85. The lowest BCUT2D eigenvalue weighted by Gasteiger charge is -2.29. The average molecular weight is 784 g/mol. The molecular formula is C40H45N7O8S. The molecule has 0 saturated heterocycles. The first-order valence-electron chi connectivity index (χ1n) is 17.4. The minimum atomic E-state index is -1.43. The van der Waals surface area contributed by atoms with Gasteiger partial charge in [-0.05, 0) is 59.9 Å². The van der Waals surface area contributed by atoms with E-state index in [0.29, 0.717) is 56.6 Å². The highest BCUT2D eigenvalue weighted by Gasteiger charge is 2.28. The Morgan fingerprint density at radius 3 is 2.30 bits per heavy atom. The first-order chi connectivity index (χ1) is 26.6. The second-order valence-corrected chi connectivity index (χ2v) is 14.8. The topological polar surface area (TPSA) is 220 Å². The number of hydrogen-bond donors (Lipinski definition) is 6. The van der Waals surface area contributed by atoms with Gasteiger partial charge in [-0.25, -0.2) is 14.0 Å². The zero-order valence-electron chi connectivity index (χ0n) is 31.8. The van der Waals surface area contributed by atoms with E-state index in [0.717, 1.165) is 5.56 Å². The molecule has 0 aliphatic carbocycles. The number of hydrogen-bond acceptors (Lipinski definition) is 10. The number of amides is 3. The normalized spacial score (nSPS) is 12.3. The second kappa shape index (κ2) is 17.4. The van der Waals surface area contributed by atoms with Gasteiger partial charge in [-0.15, -0.1) is 0 Å². The van der Waals surface area contributed by atoms with E-state index in [1.165, 1.54) is 25.4 Å². The van der Waals surface area contributed by atoms with Crippen LogP contribution in [0.5, 0.6) is 23.0 Å². The maximum atomic E-state index is 13.4. The Labute approximate surface area is 326 Å². The molecule has 0 aliphatic rings. The number of anilines is 5. The van der Waals surface area contributed by atoms with E-state index < -0.39 is 34.9 Å². The predicted molar refractivity (Wildman–Crippen MR) is 218 cm³/mol. The average Bonchev–Trinajstić information content (AvgIpc) is 3.14. The van der Waals surface area contributed by atoms with Crippen molar-refractivity contribution in [3.05, 3.63) is 96.2 Å². The summed E-state index contributed by atoms with van der Waals surface area (Å²) in [6, 6.07) is 21.1. The Morgan fingerprint density at radius 2 is 1.66 bits per heavy atom. The van der Waals surface area contributed by atoms with Crippen LogP contribution in [-0.2, 0) is 21.2 Å². The number of urea groups is 1. The van der Waals surface area contributed by atoms with Gasteiger partial charge in [0, 0.05) is 47.6 Å². The molecule has 294 valence electrons. The number of aromatic nitrogens is 1. The van der Waals surface area contributed by atoms with E-state index >= 15 is 0 Å². The van der Waals surface area contributed by atoms with Gasteiger partial charge in [-0.3, -0.25) is 14.5 Å². The summed E-state index contributed by atoms with van der Waals surface area (Å²) in [5, 5.41) is 16.2. The van der Waals surface area contributed by atoms with Gasteiger partial charge in [0.2, 0.25) is 0 Å². The van der Waals surface area contributed by atoms with E-state index in [1.54, 1.807) is 48.7 Å². The zero-order chi connectivity index (χ0) is 40.7. The van der Waals surface area contributed by atoms with E-state index in [4.69, 9.17) is 30.8 Å². The third-order valence-corrected chi connectivity index (χ3v) is 9.20. The number of benzene rings is 4. The Morgan fingerprint density at radius 1 is 0.929 bits per heavy atom. The molecule has 1 unspecified atom stereocenters. The first kappa shape index (κ1) is 40.8. The summed E-state index contributed by atoms with van der Waals surface area (Å²) in [5.41, 5.74) is 14.3. The van der Waals surface area contributed by atoms with Crippen molar-refractivity contribution in [2.45, 2.75) is 38.6 Å². The fourth-order valence-electron chi connectivity index (χ4n) is 5.90. The van der Waals surface area contributed by atoms with Crippen molar-refractivity contribution < 1.29 is 37.9 Å². The maximum absolute atomic E-state index is 13.4. The fourth-order valence-corrected chi connectivity index (χ4v) is 6.36. The van der Waals surface area contributed by atoms with E-state index in [1.807, 2.05) is 57.2 Å². The fraction of sp³-hybridized carbons (Fsp3) is 0.250. The number of fused-ring (bicyclic) bond motifs is 1. The smallest absolute Gasteiger partial charge is 0.324 e. The van der Waals surface area contributed by atoms with Gasteiger partial charge < -0.3 is 46.1 Å². The number of carbonyl (C=O) groups excluding carboxylic acids is 2. The van der Waals surface area contributed by atoms with Gasteiger partial charge in [0.25, 0.3) is 5.91 Å². The summed E-state index contributed by atoms with van der Waals surface area (Å²) in [7, 11) is 1.48. The number of methoxy groups -OCH3 is 2. The summed E-state index contributed by atoms with van der Waals surface area (Å²) in [4.78, 5) is 42.9. The van der Waals surface area contributed by atoms with Gasteiger partial charge in [-0.2, -0.15) is 0 Å². The largest absolute Gasteiger partial charge is 0.496 e. The molecule has 0 aliphatic heterocycles. The lowest BCUT2D eigenvalue weighted by atomic mass is 9.86. The summed E-state index contributed by atoms with van der Waals surface area (Å²) < 4.78 is 32.9. The molecule has 0 fully saturated rings. The molecule has 16 heteroatoms. The van der Waals surface area contributed by atoms with E-state index in [-0.39, 0.29) is 29.7 Å². The second-order valence-electron chi connectivity index (χ2n) is 13.7. The molecular weight excluding hydrogens is 739 g/mol. The van der Waals surface area contributed by atoms with E-state index in [9.17, 15) is 18.6 Å². The maximum Gasteiger partial charge on any atom is 0.324 e. The molecule has 3 amide bonds. The van der Waals surface area contributed by atoms with Crippen LogP contribution in [0, 0.1) is 0 Å². The number of primary amides is 1. The lowest BCUT2D eigenvalue weighted by Crippen LogP contribution is -2.35. The molecule has 1 heterocycles. The highest BCUT2D eigenvalue weighted by atomic mass is 32.2. The number of nitrogens with two attached hydrogens (primary N) is 2. The van der Waals surface area contributed by atoms with Crippen LogP contribution >= 0.6 is 0 Å². The lowest BCUT2D eigenvalue weighted by molar-refractivity contribution is -0.138. The number of rotatable bonds is 15. The molecule has 5 aromatic rings. The number of nitrogens with one attached hydrogen (secondary N) is 3. The standard InChI is InChI=1S/C40H45N7O8S/c1-40(2,3)23-19-30(46-56(6)52)36(54-5)32(20-23)47(39(42)51)31-13-14-33(27-10-8-7-9-26(27)31)55-25-15-17-43-35(22-25)45-24-11-12-28(34(21-24)53-4)37(48)44-18-16-29(41)38(49)50/h7-15,17,19-22,29,46H,16,18,41H2,1-6H3,(H2,42,51)(H,43,45)(H,44,48)(H,49,50)/t29-,56?/m1/s1. The van der Waals surface area contributed by atoms with Crippen molar-refractivity contribution >= 4 is 68.2 Å². The third-order valence-electron chi connectivity index (χ3n) is 8.69. The van der Waals surface area contributed by atoms with Crippen molar-refractivity contribution in [1.82, 2.24) is 10.3 Å². The molecule has 56 heavy (non-hydrogen) atoms. The van der Waals surface area contributed by atoms with Crippen LogP contribution in [0.3, 0.4) is 0 Å². The van der Waals surface area contributed by atoms with Gasteiger partial charge in [0.05, 0.1) is 36.8 Å². The summed E-state index contributed by atoms with van der Waals surface area (Å²) in [5.74, 6) is 0.382. The summed E-state index contributed by atoms with van der Waals surface area (Å²) >= 11 is 0. The molecule has 0 radical (unpaired) electrons. The molecule has 8 N–H and O–H groups in total. The van der Waals surface area contributed by atoms with Crippen molar-refractivity contribution in [3.8, 4) is 23.0 Å². The molecule has 1 aromatic heterocycles. The van der Waals surface area contributed by atoms with Crippen LogP contribution < -0.4 is 45.9 Å². The number of carbonyl (C=O) groups is 3. The Balaban J connectivity index is 1.44. The minimum absolute atomic E-state index is 0.0723. The van der Waals surface area contributed by atoms with Gasteiger partial charge >= 0.3 is 12.0 Å². The summed E-state index contributed by atoms with van der Waals surface area (Å²) in [6.07, 6.45) is 3.16. The molecule has 4 aromatic carbocycles. The predicted octanol–water partition coefficient (Wildman–Crippen LogP) is 6.54. The molecule has 5 rings (SSSR count). The minimum Gasteiger partial charge on any atom is -0.496 e. The number of pyridine rings is 1. The number of aliphatic carboxylic acids is 1. The number of ether oxygens (including phenoxy) is 3. The molecule has 0 saturated carbocycles. The van der Waals surface area contributed by atoms with Gasteiger partial charge in [0.15, 0.2) is 5.75 Å². The SMILES string of the molecule is COc1cc(Nc2cc(Oc3ccc(N(C(N)=O)c4cc(C(C)(C)C)cc(NS(C)=O)c4OC)c4ccccc34)ccn2)ccc1C(=O)NCC[C@@H](N)C(=O)O. The Kier molecular flexibility index (Phi) is 12.7. The summed E-state index contributed by atoms with van der Waals surface area (Å²) in [6.45, 7) is 6.17. The monoisotopic (exact) mass is 783 g/mol. The number of carboxylic acid groups (broad SMARTS) is 1. The van der Waals surface area contributed by atoms with Gasteiger partial charge in [0.1, 0.15) is 40.1 Å². The van der Waals surface area contributed by atoms with Gasteiger partial charge in [-0.1, -0.05) is 45.0 Å². The third kappa shape index (κ3) is 9.45. The quantitative estimate of drug-likeness (QED) is 0.0669. The zero-order valence-corrected chi connectivity index (χ0v) is 32.7.